The lowest BCUT2D eigenvalue weighted by Crippen LogP contribution is -2.54. The van der Waals surface area contributed by atoms with Crippen molar-refractivity contribution in [3.05, 3.63) is 29.8 Å². The van der Waals surface area contributed by atoms with Crippen molar-refractivity contribution >= 4 is 16.1 Å². The number of sulfonamides is 1. The highest BCUT2D eigenvalue weighted by atomic mass is 32.2. The van der Waals surface area contributed by atoms with Gasteiger partial charge in [-0.2, -0.15) is 0 Å². The van der Waals surface area contributed by atoms with Crippen molar-refractivity contribution in [2.24, 2.45) is 0 Å². The molecule has 9 heteroatoms. The molecule has 0 atom stereocenters. The summed E-state index contributed by atoms with van der Waals surface area (Å²) in [4.78, 5) is 19.2. The Labute approximate surface area is 167 Å². The number of hydrogen-bond donors (Lipinski definition) is 0. The molecule has 156 valence electrons. The summed E-state index contributed by atoms with van der Waals surface area (Å²) in [5, 5.41) is 0. The number of carbonyl (C=O) groups is 1. The Kier molecular flexibility index (Phi) is 6.92. The average molecular weight is 411 g/mol. The lowest BCUT2D eigenvalue weighted by Gasteiger charge is -2.36. The van der Waals surface area contributed by atoms with E-state index in [0.29, 0.717) is 32.8 Å². The van der Waals surface area contributed by atoms with Crippen LogP contribution in [0.25, 0.3) is 0 Å². The fourth-order valence-electron chi connectivity index (χ4n) is 3.37. The van der Waals surface area contributed by atoms with Gasteiger partial charge < -0.3 is 14.5 Å². The smallest absolute Gasteiger partial charge is 0.334 e. The summed E-state index contributed by atoms with van der Waals surface area (Å²) >= 11 is 0. The zero-order chi connectivity index (χ0) is 20.1. The van der Waals surface area contributed by atoms with Crippen molar-refractivity contribution in [3.63, 3.8) is 0 Å². The average Bonchev–Trinajstić information content (AvgIpc) is 2.69. The molecule has 0 aliphatic carbocycles. The van der Waals surface area contributed by atoms with Crippen molar-refractivity contribution in [3.8, 4) is 0 Å². The number of benzene rings is 1. The first-order chi connectivity index (χ1) is 13.4. The minimum atomic E-state index is -3.91. The first-order valence-electron chi connectivity index (χ1n) is 9.75. The van der Waals surface area contributed by atoms with Gasteiger partial charge in [0.05, 0.1) is 24.7 Å². The molecule has 2 aliphatic rings. The van der Waals surface area contributed by atoms with Gasteiger partial charge in [0.15, 0.2) is 0 Å². The molecule has 1 aromatic rings. The number of nitrogens with zero attached hydrogens (tertiary/aromatic N) is 4. The van der Waals surface area contributed by atoms with E-state index in [-0.39, 0.29) is 11.4 Å². The second-order valence-electron chi connectivity index (χ2n) is 7.42. The number of hydrogen-bond acceptors (Lipinski definition) is 6. The maximum absolute atomic E-state index is 13.3. The van der Waals surface area contributed by atoms with Gasteiger partial charge in [-0.3, -0.25) is 4.90 Å². The zero-order valence-corrected chi connectivity index (χ0v) is 17.5. The molecular formula is C19H30N4O4S. The number of aryl methyl sites for hydroxylation is 1. The topological polar surface area (TPSA) is 73.4 Å². The van der Waals surface area contributed by atoms with E-state index in [4.69, 9.17) is 4.74 Å². The molecule has 0 aromatic heterocycles. The van der Waals surface area contributed by atoms with Crippen molar-refractivity contribution in [2.45, 2.75) is 11.8 Å². The second kappa shape index (κ2) is 9.21. The maximum Gasteiger partial charge on any atom is 0.334 e. The van der Waals surface area contributed by atoms with Gasteiger partial charge in [0.2, 0.25) is 0 Å². The summed E-state index contributed by atoms with van der Waals surface area (Å²) in [7, 11) is -1.91. The highest BCUT2D eigenvalue weighted by Crippen LogP contribution is 2.19. The molecule has 2 heterocycles. The standard InChI is InChI=1S/C19H30N4O4S/c1-17-3-5-18(6-4-17)28(25,26)23(12-9-21-13-15-27-16-14-21)19(24)22-10-7-20(2)8-11-22/h3-6H,7-16H2,1-2H3. The summed E-state index contributed by atoms with van der Waals surface area (Å²) < 4.78 is 33.0. The predicted molar refractivity (Wildman–Crippen MR) is 107 cm³/mol. The van der Waals surface area contributed by atoms with Gasteiger partial charge >= 0.3 is 6.03 Å². The molecule has 2 fully saturated rings. The van der Waals surface area contributed by atoms with E-state index in [9.17, 15) is 13.2 Å². The van der Waals surface area contributed by atoms with Crippen LogP contribution in [-0.4, -0.2) is 106 Å². The molecule has 0 spiro atoms. The van der Waals surface area contributed by atoms with Crippen LogP contribution in [0.1, 0.15) is 5.56 Å². The molecule has 0 N–H and O–H groups in total. The van der Waals surface area contributed by atoms with Crippen LogP contribution in [0.2, 0.25) is 0 Å². The van der Waals surface area contributed by atoms with Gasteiger partial charge in [0.1, 0.15) is 0 Å². The first kappa shape index (κ1) is 21.0. The maximum atomic E-state index is 13.3. The van der Waals surface area contributed by atoms with Gasteiger partial charge in [-0.25, -0.2) is 17.5 Å². The third-order valence-electron chi connectivity index (χ3n) is 5.32. The number of rotatable bonds is 5. The van der Waals surface area contributed by atoms with Crippen LogP contribution in [-0.2, 0) is 14.8 Å². The lowest BCUT2D eigenvalue weighted by molar-refractivity contribution is 0.0364. The highest BCUT2D eigenvalue weighted by Gasteiger charge is 2.34. The fourth-order valence-corrected chi connectivity index (χ4v) is 4.75. The van der Waals surface area contributed by atoms with Gasteiger partial charge in [-0.15, -0.1) is 0 Å². The molecule has 2 aliphatic heterocycles. The van der Waals surface area contributed by atoms with Crippen LogP contribution in [0.5, 0.6) is 0 Å². The molecular weight excluding hydrogens is 380 g/mol. The Balaban J connectivity index is 1.80. The molecule has 2 saturated heterocycles. The SMILES string of the molecule is Cc1ccc(S(=O)(=O)N(CCN2CCOCC2)C(=O)N2CCN(C)CC2)cc1. The van der Waals surface area contributed by atoms with Crippen molar-refractivity contribution < 1.29 is 17.9 Å². The van der Waals surface area contributed by atoms with Crippen LogP contribution in [0.4, 0.5) is 4.79 Å². The van der Waals surface area contributed by atoms with Gasteiger partial charge in [0.25, 0.3) is 10.0 Å². The van der Waals surface area contributed by atoms with Crippen molar-refractivity contribution in [2.75, 3.05) is 72.6 Å². The molecule has 3 rings (SSSR count). The van der Waals surface area contributed by atoms with Gasteiger partial charge in [0, 0.05) is 45.8 Å². The Morgan fingerprint density at radius 2 is 1.64 bits per heavy atom. The zero-order valence-electron chi connectivity index (χ0n) is 16.7. The largest absolute Gasteiger partial charge is 0.379 e. The minimum absolute atomic E-state index is 0.140. The van der Waals surface area contributed by atoms with Crippen molar-refractivity contribution in [1.82, 2.24) is 19.0 Å². The monoisotopic (exact) mass is 410 g/mol. The van der Waals surface area contributed by atoms with Crippen LogP contribution in [0.3, 0.4) is 0 Å². The number of amides is 2. The van der Waals surface area contributed by atoms with Crippen molar-refractivity contribution in [1.29, 1.82) is 0 Å². The molecule has 0 radical (unpaired) electrons. The summed E-state index contributed by atoms with van der Waals surface area (Å²) in [6.07, 6.45) is 0. The number of likely N-dealkylation sites (N-methyl/N-ethyl adjacent to an activating group) is 1. The summed E-state index contributed by atoms with van der Waals surface area (Å²) in [5.74, 6) is 0. The van der Waals surface area contributed by atoms with E-state index in [2.05, 4.69) is 9.80 Å². The number of ether oxygens (including phenoxy) is 1. The molecule has 0 bridgehead atoms. The number of carbonyl (C=O) groups excluding carboxylic acids is 1. The van der Waals surface area contributed by atoms with E-state index in [1.54, 1.807) is 29.2 Å². The van der Waals surface area contributed by atoms with Gasteiger partial charge in [-0.05, 0) is 26.1 Å². The number of morpholine rings is 1. The molecule has 2 amide bonds. The van der Waals surface area contributed by atoms with Crippen LogP contribution < -0.4 is 0 Å². The molecule has 8 nitrogen and oxygen atoms in total. The summed E-state index contributed by atoms with van der Waals surface area (Å²) in [6, 6.07) is 6.23. The quantitative estimate of drug-likeness (QED) is 0.711. The van der Waals surface area contributed by atoms with E-state index in [1.807, 2.05) is 14.0 Å². The molecule has 0 saturated carbocycles. The summed E-state index contributed by atoms with van der Waals surface area (Å²) in [6.45, 7) is 7.88. The third-order valence-corrected chi connectivity index (χ3v) is 7.11. The fraction of sp³-hybridized carbons (Fsp3) is 0.632. The lowest BCUT2D eigenvalue weighted by atomic mass is 10.2. The number of piperazine rings is 1. The van der Waals surface area contributed by atoms with E-state index in [0.717, 1.165) is 36.0 Å². The van der Waals surface area contributed by atoms with Crippen LogP contribution in [0, 0.1) is 6.92 Å². The normalized spacial score (nSPS) is 19.6. The molecule has 0 unspecified atom stereocenters. The van der Waals surface area contributed by atoms with E-state index >= 15 is 0 Å². The second-order valence-corrected chi connectivity index (χ2v) is 9.28. The van der Waals surface area contributed by atoms with E-state index in [1.165, 1.54) is 0 Å². The Bertz CT molecular complexity index is 755. The number of urea groups is 1. The molecule has 1 aromatic carbocycles. The first-order valence-corrected chi connectivity index (χ1v) is 11.2. The Morgan fingerprint density at radius 1 is 1.04 bits per heavy atom. The van der Waals surface area contributed by atoms with Gasteiger partial charge in [-0.1, -0.05) is 17.7 Å². The minimum Gasteiger partial charge on any atom is -0.379 e. The van der Waals surface area contributed by atoms with E-state index < -0.39 is 16.1 Å². The molecule has 28 heavy (non-hydrogen) atoms. The third kappa shape index (κ3) is 5.02. The van der Waals surface area contributed by atoms with Crippen LogP contribution in [0.15, 0.2) is 29.2 Å². The van der Waals surface area contributed by atoms with Crippen LogP contribution >= 0.6 is 0 Å². The Hall–Kier alpha value is -1.68. The Morgan fingerprint density at radius 3 is 2.25 bits per heavy atom. The predicted octanol–water partition coefficient (Wildman–Crippen LogP) is 0.685. The summed E-state index contributed by atoms with van der Waals surface area (Å²) in [5.41, 5.74) is 0.976. The highest BCUT2D eigenvalue weighted by molar-refractivity contribution is 7.89.